The maximum Gasteiger partial charge on any atom is 0.249 e. The van der Waals surface area contributed by atoms with E-state index < -0.39 is 11.2 Å². The molecule has 0 saturated carbocycles. The highest BCUT2D eigenvalue weighted by molar-refractivity contribution is 6.33. The van der Waals surface area contributed by atoms with Gasteiger partial charge in [0, 0.05) is 0 Å². The van der Waals surface area contributed by atoms with Crippen LogP contribution >= 0.6 is 23.2 Å². The average molecular weight is 323 g/mol. The van der Waals surface area contributed by atoms with E-state index >= 15 is 0 Å². The lowest BCUT2D eigenvalue weighted by Crippen LogP contribution is -1.92. The molecule has 3 rings (SSSR count). The Bertz CT molecular complexity index is 761. The maximum absolute atomic E-state index is 13.0. The van der Waals surface area contributed by atoms with Gasteiger partial charge < -0.3 is 4.42 Å². The minimum Gasteiger partial charge on any atom is -0.419 e. The predicted octanol–water partition coefficient (Wildman–Crippen LogP) is 4.86. The fourth-order valence-electron chi connectivity index (χ4n) is 1.87. The lowest BCUT2D eigenvalue weighted by atomic mass is 10.1. The van der Waals surface area contributed by atoms with Crippen LogP contribution in [0.4, 0.5) is 4.39 Å². The number of hydrogen-bond donors (Lipinski definition) is 0. The topological polar surface area (TPSA) is 38.9 Å². The quantitative estimate of drug-likeness (QED) is 0.646. The Labute approximate surface area is 130 Å². The molecule has 0 N–H and O–H groups in total. The zero-order valence-corrected chi connectivity index (χ0v) is 12.1. The van der Waals surface area contributed by atoms with Crippen LogP contribution in [0.3, 0.4) is 0 Å². The first kappa shape index (κ1) is 14.0. The molecule has 0 bridgehead atoms. The summed E-state index contributed by atoms with van der Waals surface area (Å²) in [4.78, 5) is 0. The maximum atomic E-state index is 13.0. The van der Waals surface area contributed by atoms with Crippen molar-refractivity contribution in [2.75, 3.05) is 0 Å². The molecule has 6 heteroatoms. The van der Waals surface area contributed by atoms with Gasteiger partial charge in [0.2, 0.25) is 11.8 Å². The van der Waals surface area contributed by atoms with Crippen LogP contribution in [-0.4, -0.2) is 10.2 Å². The first-order chi connectivity index (χ1) is 10.1. The molecule has 1 atom stereocenters. The zero-order chi connectivity index (χ0) is 14.8. The Morgan fingerprint density at radius 2 is 1.81 bits per heavy atom. The molecule has 0 spiro atoms. The highest BCUT2D eigenvalue weighted by Crippen LogP contribution is 2.32. The highest BCUT2D eigenvalue weighted by Gasteiger charge is 2.19. The van der Waals surface area contributed by atoms with Crippen molar-refractivity contribution in [3.05, 3.63) is 70.8 Å². The van der Waals surface area contributed by atoms with Crippen molar-refractivity contribution in [3.8, 4) is 11.5 Å². The van der Waals surface area contributed by atoms with E-state index in [2.05, 4.69) is 10.2 Å². The SMILES string of the molecule is Fc1ccc(-c2nnc(C(Cl)c3ccccc3)o2)c(Cl)c1. The normalized spacial score (nSPS) is 12.3. The monoisotopic (exact) mass is 322 g/mol. The minimum absolute atomic E-state index is 0.205. The largest absolute Gasteiger partial charge is 0.419 e. The van der Waals surface area contributed by atoms with Crippen molar-refractivity contribution in [2.45, 2.75) is 5.38 Å². The van der Waals surface area contributed by atoms with Crippen LogP contribution in [0.1, 0.15) is 16.8 Å². The minimum atomic E-state index is -0.549. The van der Waals surface area contributed by atoms with E-state index in [-0.39, 0.29) is 16.8 Å². The van der Waals surface area contributed by atoms with Crippen LogP contribution in [0.15, 0.2) is 52.9 Å². The molecule has 0 aliphatic rings. The Hall–Kier alpha value is -1.91. The van der Waals surface area contributed by atoms with E-state index in [0.717, 1.165) is 5.56 Å². The number of hydrogen-bond acceptors (Lipinski definition) is 3. The highest BCUT2D eigenvalue weighted by atomic mass is 35.5. The van der Waals surface area contributed by atoms with E-state index in [9.17, 15) is 4.39 Å². The molecular weight excluding hydrogens is 314 g/mol. The van der Waals surface area contributed by atoms with Crippen LogP contribution in [-0.2, 0) is 0 Å². The Morgan fingerprint density at radius 3 is 2.52 bits per heavy atom. The number of benzene rings is 2. The van der Waals surface area contributed by atoms with Gasteiger partial charge in [0.1, 0.15) is 11.2 Å². The molecule has 3 aromatic rings. The van der Waals surface area contributed by atoms with Crippen LogP contribution in [0, 0.1) is 5.82 Å². The Morgan fingerprint density at radius 1 is 1.05 bits per heavy atom. The summed E-state index contributed by atoms with van der Waals surface area (Å²) < 4.78 is 18.6. The summed E-state index contributed by atoms with van der Waals surface area (Å²) in [5.41, 5.74) is 1.31. The molecule has 106 valence electrons. The van der Waals surface area contributed by atoms with E-state index in [4.69, 9.17) is 27.6 Å². The summed E-state index contributed by atoms with van der Waals surface area (Å²) in [6.45, 7) is 0. The summed E-state index contributed by atoms with van der Waals surface area (Å²) in [7, 11) is 0. The van der Waals surface area contributed by atoms with Gasteiger partial charge in [0.25, 0.3) is 0 Å². The fourth-order valence-corrected chi connectivity index (χ4v) is 2.36. The molecule has 0 radical (unpaired) electrons. The van der Waals surface area contributed by atoms with E-state index in [1.807, 2.05) is 30.3 Å². The number of halogens is 3. The molecule has 0 amide bonds. The van der Waals surface area contributed by atoms with Gasteiger partial charge in [-0.3, -0.25) is 0 Å². The number of aromatic nitrogens is 2. The second-order valence-electron chi connectivity index (χ2n) is 4.34. The molecule has 1 aromatic heterocycles. The van der Waals surface area contributed by atoms with Gasteiger partial charge >= 0.3 is 0 Å². The van der Waals surface area contributed by atoms with E-state index in [0.29, 0.717) is 5.56 Å². The standard InChI is InChI=1S/C15H9Cl2FN2O/c16-12-8-10(18)6-7-11(12)14-19-20-15(21-14)13(17)9-4-2-1-3-5-9/h1-8,13H. The first-order valence-electron chi connectivity index (χ1n) is 6.13. The van der Waals surface area contributed by atoms with Gasteiger partial charge in [-0.05, 0) is 23.8 Å². The van der Waals surface area contributed by atoms with Crippen molar-refractivity contribution in [3.63, 3.8) is 0 Å². The Kier molecular flexibility index (Phi) is 3.90. The summed E-state index contributed by atoms with van der Waals surface area (Å²) in [5, 5.41) is 7.50. The Balaban J connectivity index is 1.93. The van der Waals surface area contributed by atoms with Crippen molar-refractivity contribution in [2.24, 2.45) is 0 Å². The molecule has 0 aliphatic heterocycles. The summed E-state index contributed by atoms with van der Waals surface area (Å²) in [6, 6.07) is 13.3. The summed E-state index contributed by atoms with van der Waals surface area (Å²) >= 11 is 12.3. The third-order valence-corrected chi connectivity index (χ3v) is 3.66. The first-order valence-corrected chi connectivity index (χ1v) is 6.94. The van der Waals surface area contributed by atoms with E-state index in [1.165, 1.54) is 18.2 Å². The molecule has 0 saturated heterocycles. The molecule has 3 nitrogen and oxygen atoms in total. The molecule has 1 unspecified atom stereocenters. The molecule has 2 aromatic carbocycles. The number of alkyl halides is 1. The second kappa shape index (κ2) is 5.84. The number of rotatable bonds is 3. The molecule has 1 heterocycles. The third-order valence-electron chi connectivity index (χ3n) is 2.91. The smallest absolute Gasteiger partial charge is 0.249 e. The van der Waals surface area contributed by atoms with Crippen LogP contribution in [0.5, 0.6) is 0 Å². The van der Waals surface area contributed by atoms with Crippen molar-refractivity contribution < 1.29 is 8.81 Å². The molecular formula is C15H9Cl2FN2O. The van der Waals surface area contributed by atoms with Gasteiger partial charge in [-0.25, -0.2) is 4.39 Å². The van der Waals surface area contributed by atoms with Crippen LogP contribution in [0.25, 0.3) is 11.5 Å². The van der Waals surface area contributed by atoms with E-state index in [1.54, 1.807) is 0 Å². The molecule has 0 aliphatic carbocycles. The predicted molar refractivity (Wildman–Crippen MR) is 78.8 cm³/mol. The third kappa shape index (κ3) is 2.91. The van der Waals surface area contributed by atoms with Gasteiger partial charge in [0.15, 0.2) is 0 Å². The summed E-state index contributed by atoms with van der Waals surface area (Å²) in [6.07, 6.45) is 0. The number of nitrogens with zero attached hydrogens (tertiary/aromatic N) is 2. The van der Waals surface area contributed by atoms with Crippen LogP contribution < -0.4 is 0 Å². The average Bonchev–Trinajstić information content (AvgIpc) is 2.97. The van der Waals surface area contributed by atoms with Gasteiger partial charge in [-0.15, -0.1) is 21.8 Å². The molecule has 0 fully saturated rings. The van der Waals surface area contributed by atoms with Gasteiger partial charge in [0.05, 0.1) is 10.6 Å². The second-order valence-corrected chi connectivity index (χ2v) is 5.19. The van der Waals surface area contributed by atoms with Crippen LogP contribution in [0.2, 0.25) is 5.02 Å². The lowest BCUT2D eigenvalue weighted by molar-refractivity contribution is 0.513. The molecule has 21 heavy (non-hydrogen) atoms. The fraction of sp³-hybridized carbons (Fsp3) is 0.0667. The summed E-state index contributed by atoms with van der Waals surface area (Å²) in [5.74, 6) is 0.0397. The van der Waals surface area contributed by atoms with Crippen molar-refractivity contribution in [1.29, 1.82) is 0 Å². The lowest BCUT2D eigenvalue weighted by Gasteiger charge is -2.04. The van der Waals surface area contributed by atoms with Gasteiger partial charge in [-0.1, -0.05) is 41.9 Å². The zero-order valence-electron chi connectivity index (χ0n) is 10.6. The van der Waals surface area contributed by atoms with Gasteiger partial charge in [-0.2, -0.15) is 0 Å². The van der Waals surface area contributed by atoms with Crippen molar-refractivity contribution in [1.82, 2.24) is 10.2 Å². The van der Waals surface area contributed by atoms with Crippen molar-refractivity contribution >= 4 is 23.2 Å².